The van der Waals surface area contributed by atoms with E-state index in [0.717, 1.165) is 16.9 Å². The maximum atomic E-state index is 10.3. The first kappa shape index (κ1) is 23.1. The fourth-order valence-electron chi connectivity index (χ4n) is 4.14. The van der Waals surface area contributed by atoms with Gasteiger partial charge in [-0.3, -0.25) is 0 Å². The van der Waals surface area contributed by atoms with E-state index in [4.69, 9.17) is 30.5 Å². The first-order valence-electron chi connectivity index (χ1n) is 11.0. The molecule has 0 aromatic heterocycles. The second kappa shape index (κ2) is 10.3. The van der Waals surface area contributed by atoms with E-state index in [2.05, 4.69) is 0 Å². The van der Waals surface area contributed by atoms with Gasteiger partial charge in [-0.05, 0) is 42.7 Å². The number of ether oxygens (including phenoxy) is 4. The Morgan fingerprint density at radius 3 is 2.50 bits per heavy atom. The molecule has 4 atom stereocenters. The van der Waals surface area contributed by atoms with E-state index in [9.17, 15) is 15.3 Å². The van der Waals surface area contributed by atoms with Crippen molar-refractivity contribution in [2.45, 2.75) is 50.6 Å². The third kappa shape index (κ3) is 4.82. The molecule has 2 aliphatic heterocycles. The minimum Gasteiger partial charge on any atom is -0.494 e. The van der Waals surface area contributed by atoms with Crippen LogP contribution in [0.25, 0.3) is 0 Å². The monoisotopic (exact) mass is 464 g/mol. The number of hydrogen-bond donors (Lipinski definition) is 3. The van der Waals surface area contributed by atoms with E-state index in [0.29, 0.717) is 54.7 Å². The SMILES string of the molecule is CCOc1ccc(Cc2cc(C3CC(O)[C@H](O)C(CO)O3)c3c(c2Cl)OCCCO3)cc1. The van der Waals surface area contributed by atoms with Crippen molar-refractivity contribution in [1.29, 1.82) is 0 Å². The normalized spacial score (nSPS) is 25.3. The minimum atomic E-state index is -1.15. The first-order valence-corrected chi connectivity index (χ1v) is 11.3. The van der Waals surface area contributed by atoms with Gasteiger partial charge in [0.25, 0.3) is 0 Å². The summed E-state index contributed by atoms with van der Waals surface area (Å²) >= 11 is 6.75. The van der Waals surface area contributed by atoms with Gasteiger partial charge in [-0.15, -0.1) is 0 Å². The lowest BCUT2D eigenvalue weighted by Gasteiger charge is -2.37. The van der Waals surface area contributed by atoms with Gasteiger partial charge in [0.1, 0.15) is 18.0 Å². The third-order valence-electron chi connectivity index (χ3n) is 5.79. The molecule has 2 aromatic rings. The summed E-state index contributed by atoms with van der Waals surface area (Å²) in [6.07, 6.45) is -2.23. The summed E-state index contributed by atoms with van der Waals surface area (Å²) in [6, 6.07) is 9.73. The topological polar surface area (TPSA) is 97.6 Å². The zero-order valence-electron chi connectivity index (χ0n) is 18.0. The lowest BCUT2D eigenvalue weighted by molar-refractivity contribution is -0.181. The number of rotatable bonds is 6. The Bertz CT molecular complexity index is 918. The Balaban J connectivity index is 1.71. The van der Waals surface area contributed by atoms with Crippen molar-refractivity contribution in [3.63, 3.8) is 0 Å². The van der Waals surface area contributed by atoms with Crippen LogP contribution in [0.2, 0.25) is 5.02 Å². The van der Waals surface area contributed by atoms with E-state index in [1.807, 2.05) is 37.3 Å². The molecule has 8 heteroatoms. The zero-order valence-corrected chi connectivity index (χ0v) is 18.8. The minimum absolute atomic E-state index is 0.164. The van der Waals surface area contributed by atoms with Crippen LogP contribution in [0.5, 0.6) is 17.2 Å². The van der Waals surface area contributed by atoms with Crippen molar-refractivity contribution in [2.24, 2.45) is 0 Å². The van der Waals surface area contributed by atoms with Crippen LogP contribution in [-0.4, -0.2) is 60.1 Å². The van der Waals surface area contributed by atoms with Gasteiger partial charge in [0.05, 0.1) is 43.7 Å². The molecule has 2 aromatic carbocycles. The van der Waals surface area contributed by atoms with Gasteiger partial charge >= 0.3 is 0 Å². The highest BCUT2D eigenvalue weighted by molar-refractivity contribution is 6.33. The number of aliphatic hydroxyl groups excluding tert-OH is 3. The fourth-order valence-corrected chi connectivity index (χ4v) is 4.40. The quantitative estimate of drug-likeness (QED) is 0.604. The molecule has 2 aliphatic rings. The highest BCUT2D eigenvalue weighted by Crippen LogP contribution is 2.47. The number of fused-ring (bicyclic) bond motifs is 1. The molecule has 1 fully saturated rings. The van der Waals surface area contributed by atoms with Crippen molar-refractivity contribution < 1.29 is 34.3 Å². The maximum Gasteiger partial charge on any atom is 0.180 e. The standard InChI is InChI=1S/C24H29ClO7/c1-2-29-16-6-4-14(5-7-16)10-15-11-17(19-12-18(27)22(28)20(13-26)32-19)23-24(21(15)25)31-9-3-8-30-23/h4-7,11,18-20,22,26-28H,2-3,8-10,12-13H2,1H3/t18?,19?,20?,22-/m0/s1. The highest BCUT2D eigenvalue weighted by atomic mass is 35.5. The Morgan fingerprint density at radius 2 is 1.81 bits per heavy atom. The summed E-state index contributed by atoms with van der Waals surface area (Å²) in [5.74, 6) is 1.76. The largest absolute Gasteiger partial charge is 0.494 e. The molecular weight excluding hydrogens is 436 g/mol. The van der Waals surface area contributed by atoms with Crippen LogP contribution in [0.1, 0.15) is 42.6 Å². The van der Waals surface area contributed by atoms with Crippen molar-refractivity contribution in [3.8, 4) is 17.2 Å². The van der Waals surface area contributed by atoms with Gasteiger partial charge < -0.3 is 34.3 Å². The summed E-state index contributed by atoms with van der Waals surface area (Å²) in [6.45, 7) is 3.09. The van der Waals surface area contributed by atoms with Crippen LogP contribution in [0, 0.1) is 0 Å². The van der Waals surface area contributed by atoms with Gasteiger partial charge in [-0.2, -0.15) is 0 Å². The van der Waals surface area contributed by atoms with Crippen LogP contribution >= 0.6 is 11.6 Å². The van der Waals surface area contributed by atoms with E-state index in [1.165, 1.54) is 0 Å². The summed E-state index contributed by atoms with van der Waals surface area (Å²) in [4.78, 5) is 0. The molecule has 0 spiro atoms. The number of halogens is 1. The molecule has 0 saturated carbocycles. The van der Waals surface area contributed by atoms with Crippen LogP contribution < -0.4 is 14.2 Å². The van der Waals surface area contributed by atoms with E-state index < -0.39 is 31.0 Å². The summed E-state index contributed by atoms with van der Waals surface area (Å²) < 4.78 is 23.4. The zero-order chi connectivity index (χ0) is 22.7. The number of aliphatic hydroxyl groups is 3. The van der Waals surface area contributed by atoms with E-state index >= 15 is 0 Å². The summed E-state index contributed by atoms with van der Waals surface area (Å²) in [5, 5.41) is 30.5. The van der Waals surface area contributed by atoms with Crippen molar-refractivity contribution >= 4 is 11.6 Å². The second-order valence-electron chi connectivity index (χ2n) is 8.04. The molecule has 2 heterocycles. The molecule has 32 heavy (non-hydrogen) atoms. The Kier molecular flexibility index (Phi) is 7.43. The predicted octanol–water partition coefficient (Wildman–Crippen LogP) is 3.03. The lowest BCUT2D eigenvalue weighted by atomic mass is 9.91. The molecule has 0 radical (unpaired) electrons. The molecule has 7 nitrogen and oxygen atoms in total. The number of hydrogen-bond acceptors (Lipinski definition) is 7. The summed E-state index contributed by atoms with van der Waals surface area (Å²) in [7, 11) is 0. The fraction of sp³-hybridized carbons (Fsp3) is 0.500. The molecule has 0 bridgehead atoms. The molecule has 1 saturated heterocycles. The van der Waals surface area contributed by atoms with E-state index in [-0.39, 0.29) is 6.42 Å². The lowest BCUT2D eigenvalue weighted by Crippen LogP contribution is -2.47. The van der Waals surface area contributed by atoms with E-state index in [1.54, 1.807) is 0 Å². The van der Waals surface area contributed by atoms with Crippen molar-refractivity contribution in [1.82, 2.24) is 0 Å². The van der Waals surface area contributed by atoms with Gasteiger partial charge in [0.15, 0.2) is 11.5 Å². The number of benzene rings is 2. The van der Waals surface area contributed by atoms with Crippen LogP contribution in [-0.2, 0) is 11.2 Å². The maximum absolute atomic E-state index is 10.3. The van der Waals surface area contributed by atoms with Gasteiger partial charge in [-0.1, -0.05) is 23.7 Å². The van der Waals surface area contributed by atoms with Crippen LogP contribution in [0.4, 0.5) is 0 Å². The average molecular weight is 465 g/mol. The Morgan fingerprint density at radius 1 is 1.09 bits per heavy atom. The molecule has 0 amide bonds. The van der Waals surface area contributed by atoms with Crippen LogP contribution in [0.3, 0.4) is 0 Å². The smallest absolute Gasteiger partial charge is 0.180 e. The van der Waals surface area contributed by atoms with Gasteiger partial charge in [0.2, 0.25) is 0 Å². The van der Waals surface area contributed by atoms with Crippen molar-refractivity contribution in [3.05, 3.63) is 52.0 Å². The molecule has 3 N–H and O–H groups in total. The third-order valence-corrected chi connectivity index (χ3v) is 6.20. The molecule has 3 unspecified atom stereocenters. The molecule has 174 valence electrons. The summed E-state index contributed by atoms with van der Waals surface area (Å²) in [5.41, 5.74) is 2.57. The van der Waals surface area contributed by atoms with Crippen molar-refractivity contribution in [2.75, 3.05) is 26.4 Å². The molecule has 0 aliphatic carbocycles. The van der Waals surface area contributed by atoms with Gasteiger partial charge in [0, 0.05) is 18.4 Å². The molecular formula is C24H29ClO7. The predicted molar refractivity (Wildman–Crippen MR) is 119 cm³/mol. The molecule has 4 rings (SSSR count). The Labute approximate surface area is 192 Å². The average Bonchev–Trinajstić information content (AvgIpc) is 3.05. The van der Waals surface area contributed by atoms with Gasteiger partial charge in [-0.25, -0.2) is 0 Å². The Hall–Kier alpha value is -2.03. The first-order chi connectivity index (χ1) is 15.5. The second-order valence-corrected chi connectivity index (χ2v) is 8.42. The van der Waals surface area contributed by atoms with Crippen LogP contribution in [0.15, 0.2) is 30.3 Å². The highest BCUT2D eigenvalue weighted by Gasteiger charge is 2.39.